The summed E-state index contributed by atoms with van der Waals surface area (Å²) < 4.78 is 0. The first kappa shape index (κ1) is 15.2. The maximum absolute atomic E-state index is 5.47. The standard InChI is InChI=1S/C19H17N3S/c23-19(21-17-11-13-20-14-12-17)22-18(15-7-3-1-4-8-15)16-9-5-2-6-10-16/h1-14,18H,(H2,20,21,22,23). The minimum atomic E-state index is -0.000706. The van der Waals surface area contributed by atoms with Crippen molar-refractivity contribution < 1.29 is 0 Å². The quantitative estimate of drug-likeness (QED) is 0.708. The molecule has 0 aliphatic rings. The van der Waals surface area contributed by atoms with Crippen molar-refractivity contribution in [1.82, 2.24) is 10.3 Å². The maximum atomic E-state index is 5.47. The van der Waals surface area contributed by atoms with E-state index in [2.05, 4.69) is 39.9 Å². The summed E-state index contributed by atoms with van der Waals surface area (Å²) in [6.07, 6.45) is 3.47. The number of thiocarbonyl (C=S) groups is 1. The highest BCUT2D eigenvalue weighted by Crippen LogP contribution is 2.21. The zero-order chi connectivity index (χ0) is 15.9. The summed E-state index contributed by atoms with van der Waals surface area (Å²) in [6.45, 7) is 0. The molecule has 3 rings (SSSR count). The molecule has 0 aliphatic heterocycles. The topological polar surface area (TPSA) is 37.0 Å². The summed E-state index contributed by atoms with van der Waals surface area (Å²) in [5.74, 6) is 0. The molecule has 114 valence electrons. The van der Waals surface area contributed by atoms with Gasteiger partial charge in [-0.05, 0) is 35.5 Å². The molecule has 0 atom stereocenters. The van der Waals surface area contributed by atoms with Crippen molar-refractivity contribution in [1.29, 1.82) is 0 Å². The number of nitrogens with zero attached hydrogens (tertiary/aromatic N) is 1. The number of anilines is 1. The molecule has 0 fully saturated rings. The van der Waals surface area contributed by atoms with Gasteiger partial charge in [-0.15, -0.1) is 0 Å². The van der Waals surface area contributed by atoms with Crippen molar-refractivity contribution in [2.24, 2.45) is 0 Å². The van der Waals surface area contributed by atoms with Crippen molar-refractivity contribution in [3.8, 4) is 0 Å². The number of rotatable bonds is 4. The van der Waals surface area contributed by atoms with Crippen LogP contribution in [0.3, 0.4) is 0 Å². The van der Waals surface area contributed by atoms with Crippen LogP contribution in [0, 0.1) is 0 Å². The largest absolute Gasteiger partial charge is 0.352 e. The van der Waals surface area contributed by atoms with Crippen molar-refractivity contribution >= 4 is 23.0 Å². The molecule has 4 heteroatoms. The number of hydrogen-bond donors (Lipinski definition) is 2. The molecule has 0 bridgehead atoms. The highest BCUT2D eigenvalue weighted by atomic mass is 32.1. The third-order valence-electron chi connectivity index (χ3n) is 3.48. The van der Waals surface area contributed by atoms with E-state index in [-0.39, 0.29) is 6.04 Å². The first-order valence-corrected chi connectivity index (χ1v) is 7.81. The van der Waals surface area contributed by atoms with Gasteiger partial charge in [0, 0.05) is 18.1 Å². The van der Waals surface area contributed by atoms with Crippen molar-refractivity contribution in [2.75, 3.05) is 5.32 Å². The van der Waals surface area contributed by atoms with Crippen LogP contribution in [0.15, 0.2) is 85.2 Å². The molecule has 0 amide bonds. The van der Waals surface area contributed by atoms with Crippen LogP contribution in [0.25, 0.3) is 0 Å². The predicted molar refractivity (Wildman–Crippen MR) is 98.3 cm³/mol. The fourth-order valence-electron chi connectivity index (χ4n) is 2.38. The SMILES string of the molecule is S=C(Nc1ccncc1)NC(c1ccccc1)c1ccccc1. The van der Waals surface area contributed by atoms with Crippen LogP contribution in [0.5, 0.6) is 0 Å². The first-order chi connectivity index (χ1) is 11.3. The summed E-state index contributed by atoms with van der Waals surface area (Å²) in [4.78, 5) is 4.01. The third kappa shape index (κ3) is 4.14. The van der Waals surface area contributed by atoms with Crippen LogP contribution in [0.4, 0.5) is 5.69 Å². The van der Waals surface area contributed by atoms with Crippen LogP contribution in [0.2, 0.25) is 0 Å². The highest BCUT2D eigenvalue weighted by molar-refractivity contribution is 7.80. The summed E-state index contributed by atoms with van der Waals surface area (Å²) in [7, 11) is 0. The summed E-state index contributed by atoms with van der Waals surface area (Å²) in [5, 5.41) is 7.17. The summed E-state index contributed by atoms with van der Waals surface area (Å²) in [6, 6.07) is 24.3. The van der Waals surface area contributed by atoms with Crippen LogP contribution in [-0.2, 0) is 0 Å². The molecule has 1 heterocycles. The zero-order valence-electron chi connectivity index (χ0n) is 12.5. The summed E-state index contributed by atoms with van der Waals surface area (Å²) >= 11 is 5.47. The van der Waals surface area contributed by atoms with Crippen LogP contribution in [-0.4, -0.2) is 10.1 Å². The van der Waals surface area contributed by atoms with E-state index < -0.39 is 0 Å². The second kappa shape index (κ2) is 7.51. The average Bonchev–Trinajstić information content (AvgIpc) is 2.62. The van der Waals surface area contributed by atoms with E-state index >= 15 is 0 Å². The average molecular weight is 319 g/mol. The van der Waals surface area contributed by atoms with E-state index in [0.717, 1.165) is 16.8 Å². The Morgan fingerprint density at radius 3 is 1.83 bits per heavy atom. The second-order valence-electron chi connectivity index (χ2n) is 5.09. The van der Waals surface area contributed by atoms with E-state index in [1.807, 2.05) is 48.5 Å². The van der Waals surface area contributed by atoms with E-state index in [1.165, 1.54) is 0 Å². The number of aromatic nitrogens is 1. The lowest BCUT2D eigenvalue weighted by atomic mass is 9.99. The molecular weight excluding hydrogens is 302 g/mol. The van der Waals surface area contributed by atoms with E-state index in [4.69, 9.17) is 12.2 Å². The van der Waals surface area contributed by atoms with Gasteiger partial charge in [-0.3, -0.25) is 4.98 Å². The Morgan fingerprint density at radius 2 is 1.30 bits per heavy atom. The first-order valence-electron chi connectivity index (χ1n) is 7.40. The molecule has 0 radical (unpaired) electrons. The summed E-state index contributed by atoms with van der Waals surface area (Å²) in [5.41, 5.74) is 3.24. The van der Waals surface area contributed by atoms with E-state index in [1.54, 1.807) is 12.4 Å². The van der Waals surface area contributed by atoms with Gasteiger partial charge in [0.25, 0.3) is 0 Å². The normalized spacial score (nSPS) is 10.3. The monoisotopic (exact) mass is 319 g/mol. The molecule has 0 aliphatic carbocycles. The fraction of sp³-hybridized carbons (Fsp3) is 0.0526. The fourth-order valence-corrected chi connectivity index (χ4v) is 2.62. The van der Waals surface area contributed by atoms with Crippen molar-refractivity contribution in [3.05, 3.63) is 96.3 Å². The number of pyridine rings is 1. The molecule has 0 saturated heterocycles. The molecule has 3 aromatic rings. The Balaban J connectivity index is 1.81. The van der Waals surface area contributed by atoms with Crippen molar-refractivity contribution in [2.45, 2.75) is 6.04 Å². The van der Waals surface area contributed by atoms with E-state index in [0.29, 0.717) is 5.11 Å². The zero-order valence-corrected chi connectivity index (χ0v) is 13.3. The molecule has 1 aromatic heterocycles. The lowest BCUT2D eigenvalue weighted by Crippen LogP contribution is -2.33. The highest BCUT2D eigenvalue weighted by Gasteiger charge is 2.14. The lowest BCUT2D eigenvalue weighted by Gasteiger charge is -2.22. The van der Waals surface area contributed by atoms with Crippen LogP contribution in [0.1, 0.15) is 17.2 Å². The number of nitrogens with one attached hydrogen (secondary N) is 2. The van der Waals surface area contributed by atoms with Gasteiger partial charge in [0.1, 0.15) is 0 Å². The Kier molecular flexibility index (Phi) is 4.96. The molecule has 2 N–H and O–H groups in total. The number of benzene rings is 2. The predicted octanol–water partition coefficient (Wildman–Crippen LogP) is 4.16. The third-order valence-corrected chi connectivity index (χ3v) is 3.70. The second-order valence-corrected chi connectivity index (χ2v) is 5.50. The maximum Gasteiger partial charge on any atom is 0.171 e. The Morgan fingerprint density at radius 1 is 0.783 bits per heavy atom. The molecule has 23 heavy (non-hydrogen) atoms. The minimum Gasteiger partial charge on any atom is -0.352 e. The Hall–Kier alpha value is -2.72. The smallest absolute Gasteiger partial charge is 0.171 e. The van der Waals surface area contributed by atoms with Gasteiger partial charge in [0.05, 0.1) is 6.04 Å². The van der Waals surface area contributed by atoms with Gasteiger partial charge in [-0.25, -0.2) is 0 Å². The van der Waals surface area contributed by atoms with Crippen molar-refractivity contribution in [3.63, 3.8) is 0 Å². The Labute approximate surface area is 141 Å². The van der Waals surface area contributed by atoms with Gasteiger partial charge in [0.2, 0.25) is 0 Å². The Bertz CT molecular complexity index is 706. The molecular formula is C19H17N3S. The van der Waals surface area contributed by atoms with Gasteiger partial charge < -0.3 is 10.6 Å². The van der Waals surface area contributed by atoms with E-state index in [9.17, 15) is 0 Å². The molecule has 3 nitrogen and oxygen atoms in total. The van der Waals surface area contributed by atoms with Crippen LogP contribution >= 0.6 is 12.2 Å². The van der Waals surface area contributed by atoms with Crippen LogP contribution < -0.4 is 10.6 Å². The van der Waals surface area contributed by atoms with Gasteiger partial charge >= 0.3 is 0 Å². The minimum absolute atomic E-state index is 0.000706. The van der Waals surface area contributed by atoms with Gasteiger partial charge in [-0.1, -0.05) is 60.7 Å². The van der Waals surface area contributed by atoms with Gasteiger partial charge in [-0.2, -0.15) is 0 Å². The molecule has 0 spiro atoms. The van der Waals surface area contributed by atoms with Gasteiger partial charge in [0.15, 0.2) is 5.11 Å². The molecule has 0 saturated carbocycles. The molecule has 0 unspecified atom stereocenters. The molecule has 2 aromatic carbocycles. The number of hydrogen-bond acceptors (Lipinski definition) is 2. The lowest BCUT2D eigenvalue weighted by molar-refractivity contribution is 0.768.